The molecule has 4 nitrogen and oxygen atoms in total. The van der Waals surface area contributed by atoms with E-state index < -0.39 is 0 Å². The standard InChI is InChI=1S/C16H18N4S/c1-11-8-18-16(21-11)12(2)17-9-14-10-19-20-15(14)13-6-4-3-5-7-13/h3-8,10,12,17H,9H2,1-2H3,(H,19,20). The monoisotopic (exact) mass is 298 g/mol. The Hall–Kier alpha value is -1.98. The lowest BCUT2D eigenvalue weighted by Gasteiger charge is -2.11. The highest BCUT2D eigenvalue weighted by Crippen LogP contribution is 2.23. The quantitative estimate of drug-likeness (QED) is 0.755. The molecular weight excluding hydrogens is 280 g/mol. The summed E-state index contributed by atoms with van der Waals surface area (Å²) in [5.41, 5.74) is 3.40. The Morgan fingerprint density at radius 1 is 1.24 bits per heavy atom. The Labute approximate surface area is 128 Å². The fourth-order valence-electron chi connectivity index (χ4n) is 2.22. The van der Waals surface area contributed by atoms with Crippen molar-refractivity contribution in [1.82, 2.24) is 20.5 Å². The van der Waals surface area contributed by atoms with Crippen LogP contribution >= 0.6 is 11.3 Å². The second kappa shape index (κ2) is 6.20. The van der Waals surface area contributed by atoms with Crippen LogP contribution in [0.3, 0.4) is 0 Å². The van der Waals surface area contributed by atoms with Gasteiger partial charge in [-0.25, -0.2) is 4.98 Å². The molecular formula is C16H18N4S. The maximum atomic E-state index is 4.43. The van der Waals surface area contributed by atoms with Crippen LogP contribution in [0.4, 0.5) is 0 Å². The number of aromatic nitrogens is 3. The summed E-state index contributed by atoms with van der Waals surface area (Å²) in [4.78, 5) is 5.67. The van der Waals surface area contributed by atoms with E-state index in [-0.39, 0.29) is 6.04 Å². The number of nitrogens with one attached hydrogen (secondary N) is 2. The molecule has 0 saturated heterocycles. The molecule has 0 amide bonds. The zero-order valence-electron chi connectivity index (χ0n) is 12.1. The third-order valence-corrected chi connectivity index (χ3v) is 4.48. The molecule has 108 valence electrons. The zero-order valence-corrected chi connectivity index (χ0v) is 12.9. The van der Waals surface area contributed by atoms with Crippen LogP contribution in [0.2, 0.25) is 0 Å². The van der Waals surface area contributed by atoms with Gasteiger partial charge < -0.3 is 5.32 Å². The summed E-state index contributed by atoms with van der Waals surface area (Å²) in [7, 11) is 0. The second-order valence-electron chi connectivity index (χ2n) is 5.05. The number of hydrogen-bond acceptors (Lipinski definition) is 4. The third-order valence-electron chi connectivity index (χ3n) is 3.39. The molecule has 2 aromatic heterocycles. The molecule has 1 atom stereocenters. The first kappa shape index (κ1) is 14.0. The van der Waals surface area contributed by atoms with Crippen LogP contribution in [-0.2, 0) is 6.54 Å². The van der Waals surface area contributed by atoms with Crippen LogP contribution < -0.4 is 5.32 Å². The van der Waals surface area contributed by atoms with Crippen molar-refractivity contribution in [2.24, 2.45) is 0 Å². The lowest BCUT2D eigenvalue weighted by Crippen LogP contribution is -2.18. The topological polar surface area (TPSA) is 53.6 Å². The summed E-state index contributed by atoms with van der Waals surface area (Å²) >= 11 is 1.74. The predicted octanol–water partition coefficient (Wildman–Crippen LogP) is 3.69. The summed E-state index contributed by atoms with van der Waals surface area (Å²) in [5, 5.41) is 11.9. The lowest BCUT2D eigenvalue weighted by molar-refractivity contribution is 0.572. The Bertz CT molecular complexity index is 702. The highest BCUT2D eigenvalue weighted by atomic mass is 32.1. The number of aromatic amines is 1. The van der Waals surface area contributed by atoms with Crippen molar-refractivity contribution < 1.29 is 0 Å². The van der Waals surface area contributed by atoms with Crippen molar-refractivity contribution in [2.75, 3.05) is 0 Å². The molecule has 0 aliphatic carbocycles. The largest absolute Gasteiger partial charge is 0.304 e. The van der Waals surface area contributed by atoms with Crippen molar-refractivity contribution in [3.05, 3.63) is 58.2 Å². The summed E-state index contributed by atoms with van der Waals surface area (Å²) in [6.07, 6.45) is 3.81. The fourth-order valence-corrected chi connectivity index (χ4v) is 3.02. The first-order valence-electron chi connectivity index (χ1n) is 6.97. The van der Waals surface area contributed by atoms with Crippen LogP contribution in [0.5, 0.6) is 0 Å². The van der Waals surface area contributed by atoms with Gasteiger partial charge in [-0.15, -0.1) is 11.3 Å². The van der Waals surface area contributed by atoms with Crippen molar-refractivity contribution >= 4 is 11.3 Å². The fraction of sp³-hybridized carbons (Fsp3) is 0.250. The molecule has 0 fully saturated rings. The van der Waals surface area contributed by atoms with Gasteiger partial charge in [0.25, 0.3) is 0 Å². The van der Waals surface area contributed by atoms with E-state index in [1.165, 1.54) is 10.4 Å². The van der Waals surface area contributed by atoms with Crippen molar-refractivity contribution in [1.29, 1.82) is 0 Å². The number of nitrogens with zero attached hydrogens (tertiary/aromatic N) is 2. The summed E-state index contributed by atoms with van der Waals surface area (Å²) in [5.74, 6) is 0. The minimum Gasteiger partial charge on any atom is -0.304 e. The molecule has 0 bridgehead atoms. The summed E-state index contributed by atoms with van der Waals surface area (Å²) in [6, 6.07) is 10.5. The van der Waals surface area contributed by atoms with Gasteiger partial charge in [-0.05, 0) is 19.4 Å². The Balaban J connectivity index is 1.70. The predicted molar refractivity (Wildman–Crippen MR) is 86.1 cm³/mol. The van der Waals surface area contributed by atoms with Gasteiger partial charge >= 0.3 is 0 Å². The smallest absolute Gasteiger partial charge is 0.109 e. The molecule has 1 aromatic carbocycles. The minimum atomic E-state index is 0.238. The molecule has 0 aliphatic rings. The average Bonchev–Trinajstić information content (AvgIpc) is 3.14. The Morgan fingerprint density at radius 3 is 2.76 bits per heavy atom. The Morgan fingerprint density at radius 2 is 2.05 bits per heavy atom. The summed E-state index contributed by atoms with van der Waals surface area (Å²) in [6.45, 7) is 4.98. The lowest BCUT2D eigenvalue weighted by atomic mass is 10.1. The molecule has 0 spiro atoms. The number of thiazole rings is 1. The van der Waals surface area contributed by atoms with Crippen molar-refractivity contribution in [3.8, 4) is 11.3 Å². The van der Waals surface area contributed by atoms with Crippen molar-refractivity contribution in [2.45, 2.75) is 26.4 Å². The van der Waals surface area contributed by atoms with Crippen LogP contribution in [0, 0.1) is 6.92 Å². The highest BCUT2D eigenvalue weighted by molar-refractivity contribution is 7.11. The molecule has 0 radical (unpaired) electrons. The Kier molecular flexibility index (Phi) is 4.13. The van der Waals surface area contributed by atoms with Crippen LogP contribution in [0.1, 0.15) is 28.4 Å². The molecule has 3 aromatic rings. The number of aryl methyl sites for hydroxylation is 1. The average molecular weight is 298 g/mol. The van der Waals surface area contributed by atoms with E-state index in [2.05, 4.69) is 46.5 Å². The van der Waals surface area contributed by atoms with E-state index in [1.807, 2.05) is 30.6 Å². The minimum absolute atomic E-state index is 0.238. The molecule has 5 heteroatoms. The third kappa shape index (κ3) is 3.20. The SMILES string of the molecule is Cc1cnc(C(C)NCc2cn[nH]c2-c2ccccc2)s1. The van der Waals surface area contributed by atoms with Gasteiger partial charge in [-0.1, -0.05) is 30.3 Å². The normalized spacial score (nSPS) is 12.5. The van der Waals surface area contributed by atoms with Crippen LogP contribution in [0.25, 0.3) is 11.3 Å². The van der Waals surface area contributed by atoms with E-state index >= 15 is 0 Å². The number of H-pyrrole nitrogens is 1. The second-order valence-corrected chi connectivity index (χ2v) is 6.31. The van der Waals surface area contributed by atoms with Gasteiger partial charge in [-0.3, -0.25) is 5.10 Å². The van der Waals surface area contributed by atoms with E-state index in [0.29, 0.717) is 0 Å². The van der Waals surface area contributed by atoms with E-state index in [1.54, 1.807) is 11.3 Å². The van der Waals surface area contributed by atoms with E-state index in [0.717, 1.165) is 22.8 Å². The van der Waals surface area contributed by atoms with Crippen molar-refractivity contribution in [3.63, 3.8) is 0 Å². The molecule has 2 N–H and O–H groups in total. The number of rotatable bonds is 5. The van der Waals surface area contributed by atoms with Crippen LogP contribution in [0.15, 0.2) is 42.7 Å². The van der Waals surface area contributed by atoms with E-state index in [4.69, 9.17) is 0 Å². The summed E-state index contributed by atoms with van der Waals surface area (Å²) < 4.78 is 0. The zero-order chi connectivity index (χ0) is 14.7. The molecule has 0 saturated carbocycles. The highest BCUT2D eigenvalue weighted by Gasteiger charge is 2.12. The van der Waals surface area contributed by atoms with Gasteiger partial charge in [0.15, 0.2) is 0 Å². The molecule has 21 heavy (non-hydrogen) atoms. The van der Waals surface area contributed by atoms with Gasteiger partial charge in [0, 0.05) is 23.2 Å². The number of hydrogen-bond donors (Lipinski definition) is 2. The first-order chi connectivity index (χ1) is 10.2. The maximum Gasteiger partial charge on any atom is 0.109 e. The van der Waals surface area contributed by atoms with E-state index in [9.17, 15) is 0 Å². The number of benzene rings is 1. The van der Waals surface area contributed by atoms with Gasteiger partial charge in [0.05, 0.1) is 17.9 Å². The molecule has 2 heterocycles. The van der Waals surface area contributed by atoms with Gasteiger partial charge in [0.1, 0.15) is 5.01 Å². The molecule has 1 unspecified atom stereocenters. The molecule has 3 rings (SSSR count). The van der Waals surface area contributed by atoms with Gasteiger partial charge in [-0.2, -0.15) is 5.10 Å². The van der Waals surface area contributed by atoms with Crippen LogP contribution in [-0.4, -0.2) is 15.2 Å². The maximum absolute atomic E-state index is 4.43. The molecule has 0 aliphatic heterocycles. The van der Waals surface area contributed by atoms with Gasteiger partial charge in [0.2, 0.25) is 0 Å². The first-order valence-corrected chi connectivity index (χ1v) is 7.79.